The summed E-state index contributed by atoms with van der Waals surface area (Å²) in [7, 11) is 0. The maximum absolute atomic E-state index is 14.1. The number of aryl methyl sites for hydroxylation is 1. The molecule has 3 unspecified atom stereocenters. The van der Waals surface area contributed by atoms with Crippen LogP contribution in [0.5, 0.6) is 5.75 Å². The van der Waals surface area contributed by atoms with E-state index in [9.17, 15) is 24.6 Å². The third-order valence-corrected chi connectivity index (χ3v) is 9.40. The summed E-state index contributed by atoms with van der Waals surface area (Å²) in [6.07, 6.45) is -1.47. The number of hydrogen-bond donors (Lipinski definition) is 4. The first kappa shape index (κ1) is 31.3. The first-order valence-electron chi connectivity index (χ1n) is 14.1. The van der Waals surface area contributed by atoms with Gasteiger partial charge in [-0.2, -0.15) is 0 Å². The zero-order valence-electron chi connectivity index (χ0n) is 24.4. The second kappa shape index (κ2) is 13.1. The highest BCUT2D eigenvalue weighted by atomic mass is 32.2. The van der Waals surface area contributed by atoms with E-state index in [1.807, 2.05) is 58.0 Å². The molecule has 1 heterocycles. The predicted octanol–water partition coefficient (Wildman–Crippen LogP) is 4.12. The maximum atomic E-state index is 14.1. The molecule has 1 aliphatic heterocycles. The number of aliphatic hydroxyl groups is 1. The molecule has 0 spiro atoms. The van der Waals surface area contributed by atoms with Gasteiger partial charge in [0, 0.05) is 28.5 Å². The predicted molar refractivity (Wildman–Crippen MR) is 165 cm³/mol. The van der Waals surface area contributed by atoms with Crippen LogP contribution < -0.4 is 11.1 Å². The van der Waals surface area contributed by atoms with Gasteiger partial charge >= 0.3 is 0 Å². The van der Waals surface area contributed by atoms with Gasteiger partial charge in [-0.15, -0.1) is 11.8 Å². The normalized spacial score (nSPS) is 18.2. The van der Waals surface area contributed by atoms with Crippen molar-refractivity contribution in [3.63, 3.8) is 0 Å². The molecular formula is C33H39N3O5S. The van der Waals surface area contributed by atoms with Crippen molar-refractivity contribution in [1.29, 1.82) is 0 Å². The van der Waals surface area contributed by atoms with Crippen molar-refractivity contribution in [3.05, 3.63) is 101 Å². The highest BCUT2D eigenvalue weighted by molar-refractivity contribution is 8.00. The summed E-state index contributed by atoms with van der Waals surface area (Å²) in [6.45, 7) is 7.84. The van der Waals surface area contributed by atoms with Crippen LogP contribution in [0.25, 0.3) is 0 Å². The number of hydrogen-bond acceptors (Lipinski definition) is 7. The molecule has 3 aromatic carbocycles. The number of nitrogens with zero attached hydrogens (tertiary/aromatic N) is 1. The number of nitrogens with two attached hydrogens (primary N) is 1. The van der Waals surface area contributed by atoms with E-state index < -0.39 is 40.5 Å². The molecule has 0 bridgehead atoms. The highest BCUT2D eigenvalue weighted by Crippen LogP contribution is 2.41. The third kappa shape index (κ3) is 6.38. The molecule has 8 nitrogen and oxygen atoms in total. The van der Waals surface area contributed by atoms with Crippen molar-refractivity contribution in [2.45, 2.75) is 63.6 Å². The third-order valence-electron chi connectivity index (χ3n) is 8.03. The number of phenolic OH excluding ortho intramolecular Hbond substituents is 1. The molecule has 222 valence electrons. The van der Waals surface area contributed by atoms with E-state index >= 15 is 0 Å². The lowest BCUT2D eigenvalue weighted by molar-refractivity contribution is -0.148. The lowest BCUT2D eigenvalue weighted by Crippen LogP contribution is -2.57. The van der Waals surface area contributed by atoms with E-state index in [0.717, 1.165) is 11.1 Å². The molecule has 1 saturated heterocycles. The van der Waals surface area contributed by atoms with Crippen molar-refractivity contribution in [2.24, 2.45) is 11.7 Å². The number of ketones is 1. The Morgan fingerprint density at radius 2 is 1.71 bits per heavy atom. The summed E-state index contributed by atoms with van der Waals surface area (Å²) in [6, 6.07) is 19.3. The Balaban J connectivity index is 1.66. The van der Waals surface area contributed by atoms with E-state index in [4.69, 9.17) is 5.73 Å². The van der Waals surface area contributed by atoms with E-state index in [0.29, 0.717) is 24.1 Å². The minimum absolute atomic E-state index is 0.0423. The highest BCUT2D eigenvalue weighted by Gasteiger charge is 2.51. The average molecular weight is 590 g/mol. The van der Waals surface area contributed by atoms with Crippen LogP contribution in [0.2, 0.25) is 0 Å². The molecule has 4 rings (SSSR count). The molecule has 5 N–H and O–H groups in total. The Labute approximate surface area is 251 Å². The summed E-state index contributed by atoms with van der Waals surface area (Å²) >= 11 is 1.43. The molecule has 0 aliphatic carbocycles. The summed E-state index contributed by atoms with van der Waals surface area (Å²) in [5.41, 5.74) is 9.81. The van der Waals surface area contributed by atoms with Gasteiger partial charge in [-0.1, -0.05) is 73.7 Å². The second-order valence-corrected chi connectivity index (χ2v) is 12.8. The quantitative estimate of drug-likeness (QED) is 0.262. The summed E-state index contributed by atoms with van der Waals surface area (Å²) in [5, 5.41) is 25.0. The van der Waals surface area contributed by atoms with Gasteiger partial charge in [-0.25, -0.2) is 0 Å². The fourth-order valence-corrected chi connectivity index (χ4v) is 6.71. The van der Waals surface area contributed by atoms with Crippen molar-refractivity contribution < 1.29 is 24.6 Å². The number of Topliss-reactive ketones (excluding diaryl/α,β-unsaturated/α-hetero) is 1. The van der Waals surface area contributed by atoms with Gasteiger partial charge in [0.25, 0.3) is 5.91 Å². The number of carbonyl (C=O) groups is 3. The molecule has 42 heavy (non-hydrogen) atoms. The molecule has 9 heteroatoms. The zero-order chi connectivity index (χ0) is 30.6. The van der Waals surface area contributed by atoms with Crippen molar-refractivity contribution in [1.82, 2.24) is 10.2 Å². The topological polar surface area (TPSA) is 133 Å². The lowest BCUT2D eigenvalue weighted by Gasteiger charge is -2.34. The van der Waals surface area contributed by atoms with Gasteiger partial charge in [0.15, 0.2) is 5.78 Å². The molecule has 0 saturated carbocycles. The fraction of sp³-hybridized carbons (Fsp3) is 0.364. The van der Waals surface area contributed by atoms with Crippen LogP contribution in [0.3, 0.4) is 0 Å². The number of thioether (sulfide) groups is 1. The van der Waals surface area contributed by atoms with Gasteiger partial charge in [0.05, 0.1) is 11.8 Å². The van der Waals surface area contributed by atoms with Crippen LogP contribution in [-0.2, 0) is 22.6 Å². The smallest absolute Gasteiger partial charge is 0.253 e. The average Bonchev–Trinajstić information content (AvgIpc) is 3.31. The molecular weight excluding hydrogens is 550 g/mol. The van der Waals surface area contributed by atoms with Crippen molar-refractivity contribution >= 4 is 29.4 Å². The molecule has 0 aromatic heterocycles. The number of amides is 2. The van der Waals surface area contributed by atoms with Crippen LogP contribution in [0, 0.1) is 12.8 Å². The minimum atomic E-state index is -1.83. The van der Waals surface area contributed by atoms with Gasteiger partial charge in [-0.3, -0.25) is 14.4 Å². The van der Waals surface area contributed by atoms with Gasteiger partial charge < -0.3 is 26.2 Å². The number of aliphatic hydroxyl groups excluding tert-OH is 1. The van der Waals surface area contributed by atoms with Gasteiger partial charge in [-0.05, 0) is 49.9 Å². The van der Waals surface area contributed by atoms with Gasteiger partial charge in [0.2, 0.25) is 5.91 Å². The van der Waals surface area contributed by atoms with E-state index in [1.54, 1.807) is 36.4 Å². The number of nitrogens with one attached hydrogen (secondary N) is 1. The lowest BCUT2D eigenvalue weighted by atomic mass is 9.81. The Bertz CT molecular complexity index is 1440. The minimum Gasteiger partial charge on any atom is -0.508 e. The van der Waals surface area contributed by atoms with E-state index in [-0.39, 0.29) is 23.1 Å². The van der Waals surface area contributed by atoms with Crippen LogP contribution in [0.1, 0.15) is 59.4 Å². The first-order chi connectivity index (χ1) is 20.0. The monoisotopic (exact) mass is 589 g/mol. The number of rotatable bonds is 10. The molecule has 1 fully saturated rings. The maximum Gasteiger partial charge on any atom is 0.253 e. The first-order valence-corrected chi connectivity index (χ1v) is 15.1. The molecule has 2 amide bonds. The SMILES string of the molecule is CCc1c(O)cccc1C(=O)C(C(O)C(=O)N1CSC(C)(C)[C@H]1C(=O)NCc1ccccc1C)C(N)c1ccccc1. The van der Waals surface area contributed by atoms with Crippen LogP contribution in [-0.4, -0.2) is 55.5 Å². The zero-order valence-corrected chi connectivity index (χ0v) is 25.2. The van der Waals surface area contributed by atoms with Gasteiger partial charge in [0.1, 0.15) is 17.9 Å². The van der Waals surface area contributed by atoms with Crippen molar-refractivity contribution in [3.8, 4) is 5.75 Å². The van der Waals surface area contributed by atoms with Crippen LogP contribution in [0.15, 0.2) is 72.8 Å². The number of benzene rings is 3. The standard InChI is InChI=1S/C33H39N3O5S/c1-5-23-24(16-11-17-25(23)37)28(38)26(27(34)21-13-7-6-8-14-21)29(39)32(41)36-19-42-33(3,4)30(36)31(40)35-18-22-15-10-9-12-20(22)2/h6-17,26-27,29-30,37,39H,5,18-19,34H2,1-4H3,(H,35,40)/t26?,27?,29?,30-/m1/s1. The van der Waals surface area contributed by atoms with Crippen LogP contribution >= 0.6 is 11.8 Å². The number of phenols is 1. The van der Waals surface area contributed by atoms with E-state index in [1.165, 1.54) is 22.7 Å². The van der Waals surface area contributed by atoms with Crippen molar-refractivity contribution in [2.75, 3.05) is 5.88 Å². The Morgan fingerprint density at radius 3 is 2.38 bits per heavy atom. The molecule has 0 radical (unpaired) electrons. The van der Waals surface area contributed by atoms with E-state index in [2.05, 4.69) is 5.32 Å². The van der Waals surface area contributed by atoms with Crippen LogP contribution in [0.4, 0.5) is 0 Å². The summed E-state index contributed by atoms with van der Waals surface area (Å²) in [5.74, 6) is -2.88. The Kier molecular flexibility index (Phi) is 9.76. The summed E-state index contributed by atoms with van der Waals surface area (Å²) in [4.78, 5) is 43.0. The summed E-state index contributed by atoms with van der Waals surface area (Å²) < 4.78 is -0.646. The second-order valence-electron chi connectivity index (χ2n) is 11.2. The molecule has 1 aliphatic rings. The molecule has 3 aromatic rings. The number of carbonyl (C=O) groups excluding carboxylic acids is 3. The fourth-order valence-electron chi connectivity index (χ4n) is 5.57. The Hall–Kier alpha value is -3.66. The largest absolute Gasteiger partial charge is 0.508 e. The molecule has 4 atom stereocenters. The Morgan fingerprint density at radius 1 is 1.05 bits per heavy atom. The number of aromatic hydroxyl groups is 1.